The van der Waals surface area contributed by atoms with E-state index < -0.39 is 5.97 Å². The average molecular weight is 329 g/mol. The molecule has 5 heteroatoms. The van der Waals surface area contributed by atoms with Crippen LogP contribution in [0.3, 0.4) is 0 Å². The monoisotopic (exact) mass is 329 g/mol. The third-order valence-corrected chi connectivity index (χ3v) is 4.45. The van der Waals surface area contributed by atoms with E-state index in [1.54, 1.807) is 6.07 Å². The van der Waals surface area contributed by atoms with Crippen molar-refractivity contribution in [1.82, 2.24) is 4.90 Å². The van der Waals surface area contributed by atoms with Crippen LogP contribution in [0.25, 0.3) is 0 Å². The number of carboxylic acid groups (broad SMARTS) is 1. The van der Waals surface area contributed by atoms with Crippen molar-refractivity contribution in [3.8, 4) is 5.75 Å². The van der Waals surface area contributed by atoms with Gasteiger partial charge in [0.25, 0.3) is 0 Å². The first kappa shape index (κ1) is 16.6. The highest BCUT2D eigenvalue weighted by atomic mass is 16.5. The summed E-state index contributed by atoms with van der Waals surface area (Å²) in [6, 6.07) is 7.88. The predicted molar refractivity (Wildman–Crippen MR) is 90.5 cm³/mol. The fourth-order valence-corrected chi connectivity index (χ4v) is 3.00. The van der Waals surface area contributed by atoms with Gasteiger partial charge in [0.2, 0.25) is 0 Å². The number of benzene rings is 1. The van der Waals surface area contributed by atoms with Gasteiger partial charge >= 0.3 is 5.97 Å². The molecule has 0 saturated carbocycles. The topological polar surface area (TPSA) is 62.9 Å². The fourth-order valence-electron chi connectivity index (χ4n) is 3.00. The SMILES string of the molecule is Cc1ccc(C)c(OC2CCN(Cc3cc(C(=O)O)co3)CC2)c1. The number of hydrogen-bond donors (Lipinski definition) is 1. The molecule has 5 nitrogen and oxygen atoms in total. The summed E-state index contributed by atoms with van der Waals surface area (Å²) in [4.78, 5) is 13.2. The molecule has 1 aromatic carbocycles. The molecule has 24 heavy (non-hydrogen) atoms. The molecule has 1 aliphatic heterocycles. The van der Waals surface area contributed by atoms with Crippen LogP contribution >= 0.6 is 0 Å². The quantitative estimate of drug-likeness (QED) is 0.907. The number of piperidine rings is 1. The van der Waals surface area contributed by atoms with Gasteiger partial charge in [-0.25, -0.2) is 4.79 Å². The molecule has 2 aromatic rings. The number of hydrogen-bond acceptors (Lipinski definition) is 4. The largest absolute Gasteiger partial charge is 0.490 e. The van der Waals surface area contributed by atoms with Crippen molar-refractivity contribution in [3.63, 3.8) is 0 Å². The molecule has 1 fully saturated rings. The van der Waals surface area contributed by atoms with Gasteiger partial charge in [-0.3, -0.25) is 4.90 Å². The van der Waals surface area contributed by atoms with E-state index in [2.05, 4.69) is 36.9 Å². The lowest BCUT2D eigenvalue weighted by Crippen LogP contribution is -2.37. The second-order valence-electron chi connectivity index (χ2n) is 6.47. The minimum absolute atomic E-state index is 0.207. The number of carboxylic acids is 1. The lowest BCUT2D eigenvalue weighted by Gasteiger charge is -2.32. The molecular formula is C19H23NO4. The smallest absolute Gasteiger partial charge is 0.338 e. The minimum atomic E-state index is -0.953. The molecule has 0 amide bonds. The van der Waals surface area contributed by atoms with E-state index in [-0.39, 0.29) is 11.7 Å². The highest BCUT2D eigenvalue weighted by molar-refractivity contribution is 5.87. The molecule has 1 aliphatic rings. The van der Waals surface area contributed by atoms with Crippen LogP contribution in [0.1, 0.15) is 40.1 Å². The Bertz CT molecular complexity index is 714. The summed E-state index contributed by atoms with van der Waals surface area (Å²) < 4.78 is 11.5. The number of nitrogens with zero attached hydrogens (tertiary/aromatic N) is 1. The third kappa shape index (κ3) is 3.97. The fraction of sp³-hybridized carbons (Fsp3) is 0.421. The third-order valence-electron chi connectivity index (χ3n) is 4.45. The first-order valence-electron chi connectivity index (χ1n) is 8.28. The van der Waals surface area contributed by atoms with Gasteiger partial charge in [-0.05, 0) is 49.9 Å². The van der Waals surface area contributed by atoms with E-state index in [1.165, 1.54) is 17.4 Å². The maximum Gasteiger partial charge on any atom is 0.338 e. The van der Waals surface area contributed by atoms with Gasteiger partial charge in [-0.1, -0.05) is 12.1 Å². The Labute approximate surface area is 141 Å². The minimum Gasteiger partial charge on any atom is -0.490 e. The maximum absolute atomic E-state index is 10.9. The molecule has 3 rings (SSSR count). The van der Waals surface area contributed by atoms with Gasteiger partial charge in [0.1, 0.15) is 23.9 Å². The van der Waals surface area contributed by atoms with Crippen molar-refractivity contribution < 1.29 is 19.1 Å². The lowest BCUT2D eigenvalue weighted by atomic mass is 10.1. The summed E-state index contributed by atoms with van der Waals surface area (Å²) >= 11 is 0. The summed E-state index contributed by atoms with van der Waals surface area (Å²) in [5.41, 5.74) is 2.58. The molecule has 0 atom stereocenters. The molecule has 128 valence electrons. The molecule has 1 saturated heterocycles. The Kier molecular flexibility index (Phi) is 4.90. The van der Waals surface area contributed by atoms with E-state index in [1.807, 2.05) is 0 Å². The van der Waals surface area contributed by atoms with Crippen LogP contribution in [0.5, 0.6) is 5.75 Å². The molecule has 0 bridgehead atoms. The van der Waals surface area contributed by atoms with Crippen LogP contribution in [-0.4, -0.2) is 35.2 Å². The molecule has 0 aliphatic carbocycles. The predicted octanol–water partition coefficient (Wildman–Crippen LogP) is 3.64. The number of ether oxygens (including phenoxy) is 1. The van der Waals surface area contributed by atoms with Gasteiger partial charge < -0.3 is 14.3 Å². The van der Waals surface area contributed by atoms with Gasteiger partial charge in [0, 0.05) is 13.1 Å². The van der Waals surface area contributed by atoms with Crippen LogP contribution in [0, 0.1) is 13.8 Å². The summed E-state index contributed by atoms with van der Waals surface area (Å²) in [6.45, 7) is 6.62. The maximum atomic E-state index is 10.9. The Morgan fingerprint density at radius 2 is 2.04 bits per heavy atom. The van der Waals surface area contributed by atoms with E-state index in [0.29, 0.717) is 12.3 Å². The Hall–Kier alpha value is -2.27. The summed E-state index contributed by atoms with van der Waals surface area (Å²) in [5, 5.41) is 8.93. The van der Waals surface area contributed by atoms with E-state index in [0.717, 1.165) is 31.7 Å². The summed E-state index contributed by atoms with van der Waals surface area (Å²) in [7, 11) is 0. The summed E-state index contributed by atoms with van der Waals surface area (Å²) in [6.07, 6.45) is 3.45. The zero-order chi connectivity index (χ0) is 17.1. The van der Waals surface area contributed by atoms with Crippen molar-refractivity contribution in [2.24, 2.45) is 0 Å². The highest BCUT2D eigenvalue weighted by Gasteiger charge is 2.22. The Balaban J connectivity index is 1.52. The Morgan fingerprint density at radius 3 is 2.71 bits per heavy atom. The molecule has 2 heterocycles. The van der Waals surface area contributed by atoms with Crippen molar-refractivity contribution >= 4 is 5.97 Å². The normalized spacial score (nSPS) is 16.2. The van der Waals surface area contributed by atoms with Gasteiger partial charge in [-0.15, -0.1) is 0 Å². The molecule has 0 spiro atoms. The number of rotatable bonds is 5. The standard InChI is InChI=1S/C19H23NO4/c1-13-3-4-14(2)18(9-13)24-16-5-7-20(8-6-16)11-17-10-15(12-23-17)19(21)22/h3-4,9-10,12,16H,5-8,11H2,1-2H3,(H,21,22). The molecule has 1 N–H and O–H groups in total. The van der Waals surface area contributed by atoms with E-state index in [4.69, 9.17) is 14.3 Å². The van der Waals surface area contributed by atoms with Crippen LogP contribution in [0.4, 0.5) is 0 Å². The molecular weight excluding hydrogens is 306 g/mol. The lowest BCUT2D eigenvalue weighted by molar-refractivity contribution is 0.0696. The zero-order valence-electron chi connectivity index (χ0n) is 14.1. The van der Waals surface area contributed by atoms with Gasteiger partial charge in [0.15, 0.2) is 0 Å². The number of furan rings is 1. The number of aromatic carboxylic acids is 1. The van der Waals surface area contributed by atoms with Gasteiger partial charge in [0.05, 0.1) is 12.1 Å². The first-order chi connectivity index (χ1) is 11.5. The van der Waals surface area contributed by atoms with Crippen LogP contribution < -0.4 is 4.74 Å². The first-order valence-corrected chi connectivity index (χ1v) is 8.28. The second kappa shape index (κ2) is 7.09. The van der Waals surface area contributed by atoms with Crippen LogP contribution in [0.15, 0.2) is 34.9 Å². The van der Waals surface area contributed by atoms with Crippen LogP contribution in [0.2, 0.25) is 0 Å². The van der Waals surface area contributed by atoms with E-state index >= 15 is 0 Å². The average Bonchev–Trinajstić information content (AvgIpc) is 3.02. The second-order valence-corrected chi connectivity index (χ2v) is 6.47. The number of aryl methyl sites for hydroxylation is 2. The summed E-state index contributed by atoms with van der Waals surface area (Å²) in [5.74, 6) is 0.720. The molecule has 0 radical (unpaired) electrons. The molecule has 1 aromatic heterocycles. The number of likely N-dealkylation sites (tertiary alicyclic amines) is 1. The van der Waals surface area contributed by atoms with Crippen molar-refractivity contribution in [2.45, 2.75) is 39.3 Å². The molecule has 0 unspecified atom stereocenters. The zero-order valence-corrected chi connectivity index (χ0v) is 14.1. The number of carbonyl (C=O) groups is 1. The highest BCUT2D eigenvalue weighted by Crippen LogP contribution is 2.24. The Morgan fingerprint density at radius 1 is 1.29 bits per heavy atom. The van der Waals surface area contributed by atoms with Gasteiger partial charge in [-0.2, -0.15) is 0 Å². The van der Waals surface area contributed by atoms with E-state index in [9.17, 15) is 4.79 Å². The van der Waals surface area contributed by atoms with Crippen molar-refractivity contribution in [3.05, 3.63) is 53.0 Å². The van der Waals surface area contributed by atoms with Crippen molar-refractivity contribution in [2.75, 3.05) is 13.1 Å². The van der Waals surface area contributed by atoms with Crippen molar-refractivity contribution in [1.29, 1.82) is 0 Å². The van der Waals surface area contributed by atoms with Crippen LogP contribution in [-0.2, 0) is 6.54 Å².